The van der Waals surface area contributed by atoms with Gasteiger partial charge in [-0.15, -0.1) is 0 Å². The smallest absolute Gasteiger partial charge is 0.410 e. The van der Waals surface area contributed by atoms with Crippen LogP contribution in [0.25, 0.3) is 16.6 Å². The number of nitrogens with one attached hydrogen (secondary N) is 1. The molecule has 2 atom stereocenters. The number of likely N-dealkylation sites (N-methyl/N-ethyl adjacent to an activating group) is 1. The van der Waals surface area contributed by atoms with E-state index in [1.54, 1.807) is 74.3 Å². The van der Waals surface area contributed by atoms with Crippen molar-refractivity contribution < 1.29 is 33.3 Å². The second-order valence-electron chi connectivity index (χ2n) is 12.3. The third kappa shape index (κ3) is 8.95. The largest absolute Gasteiger partial charge is 0.497 e. The van der Waals surface area contributed by atoms with Crippen LogP contribution in [0.5, 0.6) is 17.2 Å². The Morgan fingerprint density at radius 3 is 2.33 bits per heavy atom. The van der Waals surface area contributed by atoms with Crippen LogP contribution >= 0.6 is 22.6 Å². The average Bonchev–Trinajstić information content (AvgIpc) is 3.46. The lowest BCUT2D eigenvalue weighted by molar-refractivity contribution is -0.149. The standard InChI is InChI=1S/C40H37IN6O8/c1-25-36(38(49)44-34-18-16-30(22-43-34)55-33-19-20-42-32-21-29(52-4)15-17-31(32)33)39(50)47(28-13-9-6-10-14-28)46(25)37(41)26(2)54-35(48)23-45(3)40(51)53-24-27-11-7-5-8-12-27/h5-22,26,37H,23-24H2,1-4H3,(H,43,44,49). The molecule has 6 rings (SSSR count). The van der Waals surface area contributed by atoms with Gasteiger partial charge in [0.05, 0.1) is 30.2 Å². The molecule has 55 heavy (non-hydrogen) atoms. The Bertz CT molecular complexity index is 2370. The fourth-order valence-corrected chi connectivity index (χ4v) is 6.53. The quantitative estimate of drug-likeness (QED) is 0.0724. The predicted molar refractivity (Wildman–Crippen MR) is 213 cm³/mol. The first-order valence-electron chi connectivity index (χ1n) is 17.1. The van der Waals surface area contributed by atoms with E-state index in [0.29, 0.717) is 34.1 Å². The molecule has 0 fully saturated rings. The summed E-state index contributed by atoms with van der Waals surface area (Å²) >= 11 is 2.06. The van der Waals surface area contributed by atoms with Gasteiger partial charge in [0.15, 0.2) is 0 Å². The molecular weight excluding hydrogens is 819 g/mol. The molecule has 0 bridgehead atoms. The molecule has 0 spiro atoms. The van der Waals surface area contributed by atoms with Crippen LogP contribution in [0, 0.1) is 6.92 Å². The molecular formula is C40H37IN6O8. The lowest BCUT2D eigenvalue weighted by Crippen LogP contribution is -2.36. The van der Waals surface area contributed by atoms with Crippen LogP contribution in [0.3, 0.4) is 0 Å². The van der Waals surface area contributed by atoms with Gasteiger partial charge in [-0.3, -0.25) is 24.0 Å². The topological polar surface area (TPSA) is 156 Å². The minimum atomic E-state index is -0.799. The number of aromatic nitrogens is 4. The predicted octanol–water partition coefficient (Wildman–Crippen LogP) is 7.08. The maximum atomic E-state index is 14.0. The Balaban J connectivity index is 1.16. The van der Waals surface area contributed by atoms with Crippen molar-refractivity contribution in [3.05, 3.63) is 137 Å². The van der Waals surface area contributed by atoms with Crippen LogP contribution in [0.4, 0.5) is 10.6 Å². The zero-order valence-electron chi connectivity index (χ0n) is 30.3. The number of hydrogen-bond donors (Lipinski definition) is 1. The van der Waals surface area contributed by atoms with E-state index in [1.807, 2.05) is 54.6 Å². The summed E-state index contributed by atoms with van der Waals surface area (Å²) in [4.78, 5) is 63.1. The van der Waals surface area contributed by atoms with Crippen LogP contribution < -0.4 is 20.3 Å². The molecule has 282 valence electrons. The van der Waals surface area contributed by atoms with Gasteiger partial charge in [-0.2, -0.15) is 0 Å². The number of esters is 1. The van der Waals surface area contributed by atoms with E-state index < -0.39 is 33.7 Å². The Labute approximate surface area is 329 Å². The maximum Gasteiger partial charge on any atom is 0.410 e. The number of nitrogens with zero attached hydrogens (tertiary/aromatic N) is 5. The minimum Gasteiger partial charge on any atom is -0.497 e. The molecule has 0 aliphatic rings. The number of benzene rings is 3. The Morgan fingerprint density at radius 2 is 1.64 bits per heavy atom. The molecule has 1 N–H and O–H groups in total. The minimum absolute atomic E-state index is 0.0571. The number of anilines is 1. The Hall–Kier alpha value is -6.23. The highest BCUT2D eigenvalue weighted by atomic mass is 127. The van der Waals surface area contributed by atoms with Gasteiger partial charge in [0, 0.05) is 24.7 Å². The highest BCUT2D eigenvalue weighted by molar-refractivity contribution is 14.1. The summed E-state index contributed by atoms with van der Waals surface area (Å²) in [6.07, 6.45) is 1.61. The van der Waals surface area contributed by atoms with E-state index in [0.717, 1.165) is 15.8 Å². The Morgan fingerprint density at radius 1 is 0.927 bits per heavy atom. The van der Waals surface area contributed by atoms with Gasteiger partial charge >= 0.3 is 12.1 Å². The van der Waals surface area contributed by atoms with Crippen molar-refractivity contribution in [2.75, 3.05) is 26.0 Å². The number of fused-ring (bicyclic) bond motifs is 1. The summed E-state index contributed by atoms with van der Waals surface area (Å²) in [5.41, 5.74) is 1.63. The highest BCUT2D eigenvalue weighted by Crippen LogP contribution is 2.31. The molecule has 0 aliphatic heterocycles. The van der Waals surface area contributed by atoms with E-state index >= 15 is 0 Å². The monoisotopic (exact) mass is 856 g/mol. The molecule has 3 aromatic carbocycles. The molecule has 15 heteroatoms. The molecule has 0 aliphatic carbocycles. The first kappa shape index (κ1) is 38.5. The number of hydrogen-bond acceptors (Lipinski definition) is 10. The number of ether oxygens (including phenoxy) is 4. The van der Waals surface area contributed by atoms with Gasteiger partial charge < -0.3 is 29.2 Å². The lowest BCUT2D eigenvalue weighted by atomic mass is 10.2. The van der Waals surface area contributed by atoms with Crippen LogP contribution in [-0.4, -0.2) is 69.0 Å². The number of halogens is 1. The molecule has 2 amide bonds. The van der Waals surface area contributed by atoms with Crippen LogP contribution in [0.1, 0.15) is 32.6 Å². The van der Waals surface area contributed by atoms with E-state index in [1.165, 1.54) is 17.9 Å². The third-order valence-corrected chi connectivity index (χ3v) is 10.0. The molecule has 3 aromatic heterocycles. The van der Waals surface area contributed by atoms with Crippen molar-refractivity contribution in [2.24, 2.45) is 0 Å². The number of rotatable bonds is 13. The fraction of sp³-hybridized carbons (Fsp3) is 0.200. The SMILES string of the molecule is COc1ccc2c(Oc3ccc(NC(=O)c4c(C)n(C(I)C(C)OC(=O)CN(C)C(=O)OCc5ccccc5)n(-c5ccccc5)c4=O)nc3)ccnc2c1. The first-order valence-corrected chi connectivity index (χ1v) is 18.3. The number of carbonyl (C=O) groups excluding carboxylic acids is 3. The summed E-state index contributed by atoms with van der Waals surface area (Å²) in [5.74, 6) is 0.490. The second kappa shape index (κ2) is 17.3. The zero-order valence-corrected chi connectivity index (χ0v) is 32.5. The highest BCUT2D eigenvalue weighted by Gasteiger charge is 2.31. The average molecular weight is 857 g/mol. The molecule has 2 unspecified atom stereocenters. The zero-order chi connectivity index (χ0) is 39.1. The number of methoxy groups -OCH3 is 1. The Kier molecular flexibility index (Phi) is 12.1. The number of alkyl halides is 1. The van der Waals surface area contributed by atoms with Gasteiger partial charge in [-0.1, -0.05) is 71.1 Å². The second-order valence-corrected chi connectivity index (χ2v) is 13.6. The van der Waals surface area contributed by atoms with Crippen molar-refractivity contribution >= 4 is 57.3 Å². The van der Waals surface area contributed by atoms with Gasteiger partial charge in [-0.25, -0.2) is 14.5 Å². The molecule has 0 radical (unpaired) electrons. The third-order valence-electron chi connectivity index (χ3n) is 8.49. The molecule has 0 saturated carbocycles. The van der Waals surface area contributed by atoms with Gasteiger partial charge in [0.1, 0.15) is 51.9 Å². The van der Waals surface area contributed by atoms with Gasteiger partial charge in [0.2, 0.25) is 0 Å². The van der Waals surface area contributed by atoms with E-state index in [4.69, 9.17) is 18.9 Å². The maximum absolute atomic E-state index is 14.0. The summed E-state index contributed by atoms with van der Waals surface area (Å²) in [6.45, 7) is 3.00. The van der Waals surface area contributed by atoms with Crippen LogP contribution in [0.2, 0.25) is 0 Å². The number of pyridine rings is 2. The lowest BCUT2D eigenvalue weighted by Gasteiger charge is -2.25. The number of carbonyl (C=O) groups is 3. The molecule has 3 heterocycles. The van der Waals surface area contributed by atoms with Crippen molar-refractivity contribution in [1.82, 2.24) is 24.2 Å². The number of amides is 2. The molecule has 6 aromatic rings. The van der Waals surface area contributed by atoms with Gasteiger partial charge in [-0.05, 0) is 61.9 Å². The van der Waals surface area contributed by atoms with Crippen molar-refractivity contribution in [2.45, 2.75) is 30.6 Å². The summed E-state index contributed by atoms with van der Waals surface area (Å²) in [5, 5.41) is 3.50. The van der Waals surface area contributed by atoms with Crippen LogP contribution in [0.15, 0.2) is 114 Å². The summed E-state index contributed by atoms with van der Waals surface area (Å²) < 4.78 is 24.7. The molecule has 0 saturated heterocycles. The van der Waals surface area contributed by atoms with Crippen molar-refractivity contribution in [1.29, 1.82) is 0 Å². The van der Waals surface area contributed by atoms with Crippen molar-refractivity contribution in [3.63, 3.8) is 0 Å². The summed E-state index contributed by atoms with van der Waals surface area (Å²) in [7, 11) is 3.02. The normalized spacial score (nSPS) is 12.0. The van der Waals surface area contributed by atoms with Crippen molar-refractivity contribution in [3.8, 4) is 22.9 Å². The van der Waals surface area contributed by atoms with Crippen LogP contribution in [-0.2, 0) is 20.9 Å². The van der Waals surface area contributed by atoms with E-state index in [-0.39, 0.29) is 24.5 Å². The summed E-state index contributed by atoms with van der Waals surface area (Å²) in [6, 6.07) is 28.4. The molecule has 14 nitrogen and oxygen atoms in total. The first-order chi connectivity index (χ1) is 26.5. The van der Waals surface area contributed by atoms with E-state index in [2.05, 4.69) is 37.9 Å². The number of para-hydroxylation sites is 1. The fourth-order valence-electron chi connectivity index (χ4n) is 5.72. The van der Waals surface area contributed by atoms with E-state index in [9.17, 15) is 19.2 Å². The van der Waals surface area contributed by atoms with Gasteiger partial charge in [0.25, 0.3) is 11.5 Å².